The number of rotatable bonds is 6. The van der Waals surface area contributed by atoms with Gasteiger partial charge in [0.05, 0.1) is 12.3 Å². The van der Waals surface area contributed by atoms with E-state index in [1.54, 1.807) is 6.20 Å². The van der Waals surface area contributed by atoms with Crippen LogP contribution in [0.2, 0.25) is 0 Å². The third kappa shape index (κ3) is 4.01. The lowest BCUT2D eigenvalue weighted by atomic mass is 10.0. The fraction of sp³-hybridized carbons (Fsp3) is 0.727. The molecule has 1 aromatic rings. The van der Waals surface area contributed by atoms with Crippen LogP contribution in [0.15, 0.2) is 12.3 Å². The number of hydrogen-bond donors (Lipinski definition) is 2. The first kappa shape index (κ1) is 12.2. The van der Waals surface area contributed by atoms with Gasteiger partial charge in [-0.25, -0.2) is 0 Å². The Hall–Kier alpha value is -0.870. The molecule has 1 rings (SSSR count). The highest BCUT2D eigenvalue weighted by Crippen LogP contribution is 2.05. The normalized spacial score (nSPS) is 13.4. The summed E-state index contributed by atoms with van der Waals surface area (Å²) in [7, 11) is 1.92. The van der Waals surface area contributed by atoms with Crippen molar-refractivity contribution in [1.29, 1.82) is 0 Å². The molecule has 0 aliphatic heterocycles. The maximum absolute atomic E-state index is 9.19. The molecule has 4 nitrogen and oxygen atoms in total. The van der Waals surface area contributed by atoms with E-state index in [4.69, 9.17) is 0 Å². The lowest BCUT2D eigenvalue weighted by Crippen LogP contribution is -2.33. The molecule has 0 saturated heterocycles. The van der Waals surface area contributed by atoms with E-state index >= 15 is 0 Å². The Morgan fingerprint density at radius 2 is 2.27 bits per heavy atom. The smallest absolute Gasteiger partial charge is 0.0584 e. The van der Waals surface area contributed by atoms with Gasteiger partial charge in [0.1, 0.15) is 0 Å². The number of aryl methyl sites for hydroxylation is 1. The van der Waals surface area contributed by atoms with Gasteiger partial charge in [0.2, 0.25) is 0 Å². The predicted octanol–water partition coefficient (Wildman–Crippen LogP) is 0.917. The summed E-state index contributed by atoms with van der Waals surface area (Å²) in [5.74, 6) is 0.598. The Kier molecular flexibility index (Phi) is 4.78. The number of nitrogens with zero attached hydrogens (tertiary/aromatic N) is 2. The summed E-state index contributed by atoms with van der Waals surface area (Å²) in [6, 6.07) is 2.16. The average molecular weight is 211 g/mol. The summed E-state index contributed by atoms with van der Waals surface area (Å²) in [5.41, 5.74) is 1.14. The molecule has 0 bridgehead atoms. The second-order valence-electron chi connectivity index (χ2n) is 4.34. The number of aromatic nitrogens is 2. The third-order valence-electron chi connectivity index (χ3n) is 2.47. The molecule has 4 heteroatoms. The molecule has 1 atom stereocenters. The van der Waals surface area contributed by atoms with Gasteiger partial charge in [0, 0.05) is 25.8 Å². The lowest BCUT2D eigenvalue weighted by Gasteiger charge is -2.18. The fourth-order valence-corrected chi connectivity index (χ4v) is 1.62. The van der Waals surface area contributed by atoms with E-state index in [2.05, 4.69) is 24.3 Å². The van der Waals surface area contributed by atoms with Gasteiger partial charge in [-0.2, -0.15) is 5.10 Å². The van der Waals surface area contributed by atoms with Gasteiger partial charge in [-0.15, -0.1) is 0 Å². The van der Waals surface area contributed by atoms with E-state index in [0.29, 0.717) is 5.92 Å². The Morgan fingerprint density at radius 3 is 2.73 bits per heavy atom. The zero-order valence-corrected chi connectivity index (χ0v) is 9.77. The lowest BCUT2D eigenvalue weighted by molar-refractivity contribution is 0.222. The summed E-state index contributed by atoms with van der Waals surface area (Å²) in [6.45, 7) is 5.27. The standard InChI is InChI=1S/C11H21N3O/c1-9(2)6-10(8-15)12-7-11-4-5-13-14(11)3/h4-5,9-10,12,15H,6-8H2,1-3H3/t10-/m1/s1. The van der Waals surface area contributed by atoms with Crippen molar-refractivity contribution in [3.05, 3.63) is 18.0 Å². The summed E-state index contributed by atoms with van der Waals surface area (Å²) in [4.78, 5) is 0. The van der Waals surface area contributed by atoms with Crippen molar-refractivity contribution in [3.8, 4) is 0 Å². The molecular weight excluding hydrogens is 190 g/mol. The molecule has 0 aliphatic carbocycles. The van der Waals surface area contributed by atoms with E-state index in [1.165, 1.54) is 0 Å². The van der Waals surface area contributed by atoms with E-state index < -0.39 is 0 Å². The van der Waals surface area contributed by atoms with Crippen LogP contribution in [0, 0.1) is 5.92 Å². The van der Waals surface area contributed by atoms with Crippen molar-refractivity contribution in [2.75, 3.05) is 6.61 Å². The molecule has 0 radical (unpaired) electrons. The fourth-order valence-electron chi connectivity index (χ4n) is 1.62. The van der Waals surface area contributed by atoms with Gasteiger partial charge in [-0.3, -0.25) is 4.68 Å². The van der Waals surface area contributed by atoms with Gasteiger partial charge >= 0.3 is 0 Å². The monoisotopic (exact) mass is 211 g/mol. The SMILES string of the molecule is CC(C)C[C@H](CO)NCc1ccnn1C. The largest absolute Gasteiger partial charge is 0.395 e. The molecule has 0 saturated carbocycles. The maximum Gasteiger partial charge on any atom is 0.0584 e. The Balaban J connectivity index is 2.37. The van der Waals surface area contributed by atoms with E-state index in [0.717, 1.165) is 18.7 Å². The second kappa shape index (κ2) is 5.88. The summed E-state index contributed by atoms with van der Waals surface area (Å²) in [5, 5.41) is 16.6. The molecule has 0 spiro atoms. The number of aliphatic hydroxyl groups excluding tert-OH is 1. The number of hydrogen-bond acceptors (Lipinski definition) is 3. The van der Waals surface area contributed by atoms with Crippen LogP contribution < -0.4 is 5.32 Å². The summed E-state index contributed by atoms with van der Waals surface area (Å²) < 4.78 is 1.84. The van der Waals surface area contributed by atoms with Crippen LogP contribution in [0.25, 0.3) is 0 Å². The third-order valence-corrected chi connectivity index (χ3v) is 2.47. The van der Waals surface area contributed by atoms with Crippen LogP contribution >= 0.6 is 0 Å². The molecule has 2 N–H and O–H groups in total. The van der Waals surface area contributed by atoms with E-state index in [-0.39, 0.29) is 12.6 Å². The quantitative estimate of drug-likeness (QED) is 0.735. The van der Waals surface area contributed by atoms with Gasteiger partial charge in [0.25, 0.3) is 0 Å². The first-order valence-electron chi connectivity index (χ1n) is 5.44. The molecule has 0 fully saturated rings. The van der Waals surface area contributed by atoms with Crippen molar-refractivity contribution < 1.29 is 5.11 Å². The molecule has 1 heterocycles. The molecule has 1 aromatic heterocycles. The Bertz CT molecular complexity index is 283. The summed E-state index contributed by atoms with van der Waals surface area (Å²) in [6.07, 6.45) is 2.78. The molecule has 0 aromatic carbocycles. The zero-order valence-electron chi connectivity index (χ0n) is 9.77. The Labute approximate surface area is 91.3 Å². The zero-order chi connectivity index (χ0) is 11.3. The molecular formula is C11H21N3O. The molecule has 86 valence electrons. The van der Waals surface area contributed by atoms with Gasteiger partial charge in [-0.1, -0.05) is 13.8 Å². The van der Waals surface area contributed by atoms with Gasteiger partial charge in [-0.05, 0) is 18.4 Å². The van der Waals surface area contributed by atoms with Crippen LogP contribution in [-0.4, -0.2) is 27.5 Å². The number of nitrogens with one attached hydrogen (secondary N) is 1. The minimum Gasteiger partial charge on any atom is -0.395 e. The number of aliphatic hydroxyl groups is 1. The predicted molar refractivity (Wildman–Crippen MR) is 60.4 cm³/mol. The van der Waals surface area contributed by atoms with Crippen molar-refractivity contribution in [2.24, 2.45) is 13.0 Å². The van der Waals surface area contributed by atoms with Crippen LogP contribution in [0.3, 0.4) is 0 Å². The molecule has 0 aliphatic rings. The van der Waals surface area contributed by atoms with Crippen LogP contribution in [0.1, 0.15) is 26.0 Å². The topological polar surface area (TPSA) is 50.1 Å². The van der Waals surface area contributed by atoms with Crippen LogP contribution in [-0.2, 0) is 13.6 Å². The molecule has 0 unspecified atom stereocenters. The maximum atomic E-state index is 9.19. The van der Waals surface area contributed by atoms with Crippen molar-refractivity contribution in [3.63, 3.8) is 0 Å². The van der Waals surface area contributed by atoms with Gasteiger partial charge in [0.15, 0.2) is 0 Å². The molecule has 0 amide bonds. The van der Waals surface area contributed by atoms with Crippen molar-refractivity contribution in [2.45, 2.75) is 32.9 Å². The minimum absolute atomic E-state index is 0.180. The van der Waals surface area contributed by atoms with Crippen molar-refractivity contribution >= 4 is 0 Å². The van der Waals surface area contributed by atoms with Crippen LogP contribution in [0.5, 0.6) is 0 Å². The minimum atomic E-state index is 0.180. The highest BCUT2D eigenvalue weighted by molar-refractivity contribution is 4.99. The second-order valence-corrected chi connectivity index (χ2v) is 4.34. The van der Waals surface area contributed by atoms with Crippen molar-refractivity contribution in [1.82, 2.24) is 15.1 Å². The average Bonchev–Trinajstić information content (AvgIpc) is 2.58. The molecule has 15 heavy (non-hydrogen) atoms. The van der Waals surface area contributed by atoms with Crippen LogP contribution in [0.4, 0.5) is 0 Å². The first-order chi connectivity index (χ1) is 7.13. The highest BCUT2D eigenvalue weighted by Gasteiger charge is 2.09. The first-order valence-corrected chi connectivity index (χ1v) is 5.44. The summed E-state index contributed by atoms with van der Waals surface area (Å²) >= 11 is 0. The van der Waals surface area contributed by atoms with E-state index in [1.807, 2.05) is 17.8 Å². The van der Waals surface area contributed by atoms with Gasteiger partial charge < -0.3 is 10.4 Å². The Morgan fingerprint density at radius 1 is 1.53 bits per heavy atom. The highest BCUT2D eigenvalue weighted by atomic mass is 16.3. The van der Waals surface area contributed by atoms with E-state index in [9.17, 15) is 5.11 Å².